The smallest absolute Gasteiger partial charge is 0.240 e. The summed E-state index contributed by atoms with van der Waals surface area (Å²) < 4.78 is 25.9. The van der Waals surface area contributed by atoms with Crippen molar-refractivity contribution in [2.45, 2.75) is 50.0 Å². The Morgan fingerprint density at radius 3 is 2.57 bits per heavy atom. The maximum absolute atomic E-state index is 11.9. The van der Waals surface area contributed by atoms with Crippen molar-refractivity contribution in [3.05, 3.63) is 29.8 Å². The summed E-state index contributed by atoms with van der Waals surface area (Å²) in [6.07, 6.45) is 4.35. The van der Waals surface area contributed by atoms with E-state index in [9.17, 15) is 13.2 Å². The van der Waals surface area contributed by atoms with Gasteiger partial charge in [0.25, 0.3) is 0 Å². The highest BCUT2D eigenvalue weighted by molar-refractivity contribution is 7.89. The molecule has 1 aromatic rings. The third-order valence-corrected chi connectivity index (χ3v) is 5.08. The topological polar surface area (TPSA) is 101 Å². The molecule has 0 bridgehead atoms. The minimum atomic E-state index is -3.48. The number of unbranched alkanes of at least 4 members (excludes halogenated alkanes) is 3. The highest BCUT2D eigenvalue weighted by atomic mass is 32.2. The second kappa shape index (κ2) is 9.64. The van der Waals surface area contributed by atoms with Crippen LogP contribution in [0, 0.1) is 0 Å². The summed E-state index contributed by atoms with van der Waals surface area (Å²) in [5.41, 5.74) is 6.19. The van der Waals surface area contributed by atoms with Crippen molar-refractivity contribution in [2.24, 2.45) is 5.73 Å². The largest absolute Gasteiger partial charge is 0.350 e. The van der Waals surface area contributed by atoms with Gasteiger partial charge in [-0.1, -0.05) is 25.0 Å². The van der Waals surface area contributed by atoms with Crippen molar-refractivity contribution in [3.8, 4) is 0 Å². The van der Waals surface area contributed by atoms with Gasteiger partial charge in [-0.2, -0.15) is 0 Å². The third kappa shape index (κ3) is 6.68. The summed E-state index contributed by atoms with van der Waals surface area (Å²) in [5, 5.41) is 2.90. The van der Waals surface area contributed by atoms with Gasteiger partial charge in [0.1, 0.15) is 0 Å². The maximum Gasteiger partial charge on any atom is 0.240 e. The molecule has 0 heterocycles. The predicted octanol–water partition coefficient (Wildman–Crippen LogP) is 1.68. The lowest BCUT2D eigenvalue weighted by Crippen LogP contribution is -2.26. The number of benzene rings is 1. The molecule has 0 fully saturated rings. The van der Waals surface area contributed by atoms with Crippen LogP contribution in [0.1, 0.15) is 50.6 Å². The Bertz CT molecular complexity index is 602. The first-order valence-electron chi connectivity index (χ1n) is 7.93. The zero-order valence-electron chi connectivity index (χ0n) is 13.8. The fourth-order valence-corrected chi connectivity index (χ4v) is 3.03. The van der Waals surface area contributed by atoms with E-state index >= 15 is 0 Å². The monoisotopic (exact) mass is 341 g/mol. The van der Waals surface area contributed by atoms with Crippen LogP contribution in [0.5, 0.6) is 0 Å². The first-order chi connectivity index (χ1) is 10.9. The molecule has 23 heavy (non-hydrogen) atoms. The summed E-state index contributed by atoms with van der Waals surface area (Å²) in [4.78, 5) is 12.1. The van der Waals surface area contributed by atoms with Gasteiger partial charge >= 0.3 is 0 Å². The third-order valence-electron chi connectivity index (χ3n) is 3.67. The predicted molar refractivity (Wildman–Crippen MR) is 91.4 cm³/mol. The van der Waals surface area contributed by atoms with Gasteiger partial charge in [0, 0.05) is 6.42 Å². The van der Waals surface area contributed by atoms with Crippen LogP contribution in [0.3, 0.4) is 0 Å². The molecule has 0 saturated carbocycles. The van der Waals surface area contributed by atoms with E-state index in [-0.39, 0.29) is 16.8 Å². The molecule has 0 aromatic heterocycles. The van der Waals surface area contributed by atoms with Crippen LogP contribution in [0.15, 0.2) is 29.2 Å². The van der Waals surface area contributed by atoms with Crippen LogP contribution in [-0.4, -0.2) is 27.9 Å². The number of hydrogen-bond donors (Lipinski definition) is 3. The standard InChI is InChI=1S/C16H27N3O3S/c1-13(19-16(20)10-5-3-4-6-11-17)14-8-7-9-15(12-14)23(21,22)18-2/h7-9,12-13,18H,3-6,10-11,17H2,1-2H3,(H,19,20). The molecular weight excluding hydrogens is 314 g/mol. The Hall–Kier alpha value is -1.44. The number of rotatable bonds is 10. The lowest BCUT2D eigenvalue weighted by molar-refractivity contribution is -0.121. The van der Waals surface area contributed by atoms with E-state index in [1.165, 1.54) is 13.1 Å². The Morgan fingerprint density at radius 1 is 1.22 bits per heavy atom. The summed E-state index contributed by atoms with van der Waals surface area (Å²) in [5.74, 6) is -0.0212. The Morgan fingerprint density at radius 2 is 1.91 bits per heavy atom. The van der Waals surface area contributed by atoms with Crippen molar-refractivity contribution in [2.75, 3.05) is 13.6 Å². The van der Waals surface area contributed by atoms with E-state index in [4.69, 9.17) is 5.73 Å². The number of carbonyl (C=O) groups is 1. The van der Waals surface area contributed by atoms with Gasteiger partial charge in [-0.15, -0.1) is 0 Å². The van der Waals surface area contributed by atoms with Crippen LogP contribution in [0.2, 0.25) is 0 Å². The molecule has 1 rings (SSSR count). The van der Waals surface area contributed by atoms with Gasteiger partial charge < -0.3 is 11.1 Å². The van der Waals surface area contributed by atoms with Crippen LogP contribution in [0.4, 0.5) is 0 Å². The lowest BCUT2D eigenvalue weighted by Gasteiger charge is -2.15. The number of carbonyl (C=O) groups excluding carboxylic acids is 1. The van der Waals surface area contributed by atoms with E-state index in [2.05, 4.69) is 10.0 Å². The first kappa shape index (κ1) is 19.6. The Balaban J connectivity index is 2.56. The molecule has 0 radical (unpaired) electrons. The number of amides is 1. The van der Waals surface area contributed by atoms with E-state index in [0.29, 0.717) is 13.0 Å². The molecule has 7 heteroatoms. The molecule has 0 spiro atoms. The van der Waals surface area contributed by atoms with E-state index in [1.54, 1.807) is 18.2 Å². The molecule has 4 N–H and O–H groups in total. The summed E-state index contributed by atoms with van der Waals surface area (Å²) in [6.45, 7) is 2.53. The zero-order chi connectivity index (χ0) is 17.3. The van der Waals surface area contributed by atoms with E-state index in [0.717, 1.165) is 31.2 Å². The highest BCUT2D eigenvalue weighted by Crippen LogP contribution is 2.17. The first-order valence-corrected chi connectivity index (χ1v) is 9.42. The fourth-order valence-electron chi connectivity index (χ4n) is 2.25. The van der Waals surface area contributed by atoms with Crippen LogP contribution in [0.25, 0.3) is 0 Å². The molecule has 1 atom stereocenters. The molecule has 1 unspecified atom stereocenters. The summed E-state index contributed by atoms with van der Waals surface area (Å²) in [7, 11) is -2.11. The van der Waals surface area contributed by atoms with Gasteiger partial charge in [-0.3, -0.25) is 4.79 Å². The quantitative estimate of drug-likeness (QED) is 0.564. The van der Waals surface area contributed by atoms with Crippen LogP contribution >= 0.6 is 0 Å². The van der Waals surface area contributed by atoms with Crippen molar-refractivity contribution in [3.63, 3.8) is 0 Å². The summed E-state index contributed by atoms with van der Waals surface area (Å²) in [6, 6.07) is 6.36. The second-order valence-electron chi connectivity index (χ2n) is 5.52. The van der Waals surface area contributed by atoms with Crippen molar-refractivity contribution in [1.82, 2.24) is 10.0 Å². The van der Waals surface area contributed by atoms with Crippen molar-refractivity contribution in [1.29, 1.82) is 0 Å². The van der Waals surface area contributed by atoms with Crippen molar-refractivity contribution >= 4 is 15.9 Å². The second-order valence-corrected chi connectivity index (χ2v) is 7.41. The van der Waals surface area contributed by atoms with Gasteiger partial charge in [-0.05, 0) is 51.1 Å². The van der Waals surface area contributed by atoms with Gasteiger partial charge in [0.2, 0.25) is 15.9 Å². The maximum atomic E-state index is 11.9. The van der Waals surface area contributed by atoms with Gasteiger partial charge in [0.15, 0.2) is 0 Å². The molecule has 1 aromatic carbocycles. The molecule has 130 valence electrons. The minimum Gasteiger partial charge on any atom is -0.350 e. The normalized spacial score (nSPS) is 12.8. The van der Waals surface area contributed by atoms with Crippen LogP contribution < -0.4 is 15.8 Å². The highest BCUT2D eigenvalue weighted by Gasteiger charge is 2.15. The summed E-state index contributed by atoms with van der Waals surface area (Å²) >= 11 is 0. The van der Waals surface area contributed by atoms with Gasteiger partial charge in [-0.25, -0.2) is 13.1 Å². The van der Waals surface area contributed by atoms with E-state index in [1.807, 2.05) is 6.92 Å². The average Bonchev–Trinajstić information content (AvgIpc) is 2.54. The molecule has 0 aliphatic rings. The molecule has 0 saturated heterocycles. The lowest BCUT2D eigenvalue weighted by atomic mass is 10.1. The number of nitrogens with two attached hydrogens (primary N) is 1. The number of nitrogens with one attached hydrogen (secondary N) is 2. The zero-order valence-corrected chi connectivity index (χ0v) is 14.7. The molecule has 0 aliphatic heterocycles. The average molecular weight is 341 g/mol. The van der Waals surface area contributed by atoms with Crippen LogP contribution in [-0.2, 0) is 14.8 Å². The fraction of sp³-hybridized carbons (Fsp3) is 0.562. The number of hydrogen-bond acceptors (Lipinski definition) is 4. The Kier molecular flexibility index (Phi) is 8.22. The molecule has 1 amide bonds. The van der Waals surface area contributed by atoms with E-state index < -0.39 is 10.0 Å². The molecule has 0 aliphatic carbocycles. The van der Waals surface area contributed by atoms with Gasteiger partial charge in [0.05, 0.1) is 10.9 Å². The molecular formula is C16H27N3O3S. The minimum absolute atomic E-state index is 0.0212. The number of sulfonamides is 1. The van der Waals surface area contributed by atoms with Crippen molar-refractivity contribution < 1.29 is 13.2 Å². The SMILES string of the molecule is CNS(=O)(=O)c1cccc(C(C)NC(=O)CCCCCCN)c1. The molecule has 6 nitrogen and oxygen atoms in total. The Labute approximate surface area is 138 Å².